The molecule has 0 unspecified atom stereocenters. The van der Waals surface area contributed by atoms with Gasteiger partial charge in [0.15, 0.2) is 0 Å². The van der Waals surface area contributed by atoms with Crippen molar-refractivity contribution >= 4 is 23.1 Å². The maximum Gasteiger partial charge on any atom is 0.269 e. The van der Waals surface area contributed by atoms with Crippen LogP contribution in [0.4, 0.5) is 5.69 Å². The van der Waals surface area contributed by atoms with Gasteiger partial charge in [0.1, 0.15) is 0 Å². The highest BCUT2D eigenvalue weighted by Crippen LogP contribution is 2.39. The maximum atomic E-state index is 10.7. The molecule has 0 saturated heterocycles. The highest BCUT2D eigenvalue weighted by atomic mass is 32.2. The van der Waals surface area contributed by atoms with Gasteiger partial charge in [-0.25, -0.2) is 0 Å². The molecule has 0 saturated carbocycles. The number of thioether (sulfide) groups is 1. The third-order valence-corrected chi connectivity index (χ3v) is 4.29. The van der Waals surface area contributed by atoms with Crippen LogP contribution in [0.1, 0.15) is 11.1 Å². The van der Waals surface area contributed by atoms with Gasteiger partial charge in [0, 0.05) is 24.1 Å². The Labute approximate surface area is 132 Å². The smallest absolute Gasteiger partial charge is 0.269 e. The molecule has 0 N–H and O–H groups in total. The van der Waals surface area contributed by atoms with E-state index < -0.39 is 0 Å². The summed E-state index contributed by atoms with van der Waals surface area (Å²) in [6.45, 7) is 4.73. The van der Waals surface area contributed by atoms with Crippen molar-refractivity contribution in [2.45, 2.75) is 6.54 Å². The summed E-state index contributed by atoms with van der Waals surface area (Å²) in [4.78, 5) is 12.5. The Morgan fingerprint density at radius 3 is 2.41 bits per heavy atom. The van der Waals surface area contributed by atoms with Gasteiger partial charge in [-0.05, 0) is 11.1 Å². The molecule has 4 nitrogen and oxygen atoms in total. The lowest BCUT2D eigenvalue weighted by Crippen LogP contribution is -2.15. The van der Waals surface area contributed by atoms with Crippen molar-refractivity contribution in [3.05, 3.63) is 92.9 Å². The molecular formula is C17H14N2O2S. The van der Waals surface area contributed by atoms with Crippen molar-refractivity contribution in [3.63, 3.8) is 0 Å². The van der Waals surface area contributed by atoms with Crippen LogP contribution < -0.4 is 0 Å². The van der Waals surface area contributed by atoms with Crippen molar-refractivity contribution in [1.29, 1.82) is 0 Å². The normalized spacial score (nSPS) is 14.1. The molecule has 5 heteroatoms. The Kier molecular flexibility index (Phi) is 3.98. The van der Waals surface area contributed by atoms with Gasteiger partial charge >= 0.3 is 0 Å². The number of benzene rings is 2. The van der Waals surface area contributed by atoms with Crippen LogP contribution in [0.2, 0.25) is 0 Å². The third-order valence-electron chi connectivity index (χ3n) is 3.46. The number of nitrogens with zero attached hydrogens (tertiary/aromatic N) is 2. The van der Waals surface area contributed by atoms with Crippen LogP contribution in [0.3, 0.4) is 0 Å². The second kappa shape index (κ2) is 6.07. The molecule has 0 fully saturated rings. The van der Waals surface area contributed by atoms with E-state index in [1.165, 1.54) is 12.1 Å². The lowest BCUT2D eigenvalue weighted by Gasteiger charge is -2.23. The van der Waals surface area contributed by atoms with Crippen LogP contribution in [-0.2, 0) is 6.54 Å². The summed E-state index contributed by atoms with van der Waals surface area (Å²) >= 11 is 1.60. The molecule has 1 aliphatic heterocycles. The van der Waals surface area contributed by atoms with Gasteiger partial charge in [-0.2, -0.15) is 0 Å². The first kappa shape index (κ1) is 14.4. The Morgan fingerprint density at radius 2 is 1.77 bits per heavy atom. The van der Waals surface area contributed by atoms with E-state index in [0.29, 0.717) is 6.54 Å². The first-order valence-electron chi connectivity index (χ1n) is 6.77. The predicted molar refractivity (Wildman–Crippen MR) is 89.8 cm³/mol. The number of nitro benzene ring substituents is 1. The molecule has 1 heterocycles. The molecular weight excluding hydrogens is 296 g/mol. The second-order valence-electron chi connectivity index (χ2n) is 4.89. The van der Waals surface area contributed by atoms with Gasteiger partial charge in [-0.15, -0.1) is 0 Å². The average Bonchev–Trinajstić information content (AvgIpc) is 2.90. The molecule has 22 heavy (non-hydrogen) atoms. The number of rotatable bonds is 4. The molecule has 2 aromatic carbocycles. The molecule has 0 bridgehead atoms. The largest absolute Gasteiger partial charge is 0.331 e. The molecule has 0 radical (unpaired) electrons. The van der Waals surface area contributed by atoms with E-state index >= 15 is 0 Å². The van der Waals surface area contributed by atoms with Crippen LogP contribution in [0.5, 0.6) is 0 Å². The fraction of sp³-hybridized carbons (Fsp3) is 0.0588. The Balaban J connectivity index is 1.82. The summed E-state index contributed by atoms with van der Waals surface area (Å²) in [5, 5.41) is 13.8. The number of non-ortho nitro benzene ring substituents is 1. The van der Waals surface area contributed by atoms with Gasteiger partial charge in [-0.3, -0.25) is 10.1 Å². The first-order chi connectivity index (χ1) is 10.6. The number of hydrogen-bond acceptors (Lipinski definition) is 4. The van der Waals surface area contributed by atoms with Crippen LogP contribution in [0, 0.1) is 10.1 Å². The van der Waals surface area contributed by atoms with E-state index in [0.717, 1.165) is 21.9 Å². The second-order valence-corrected chi connectivity index (χ2v) is 5.83. The zero-order valence-electron chi connectivity index (χ0n) is 11.8. The van der Waals surface area contributed by atoms with Gasteiger partial charge in [0.05, 0.1) is 15.6 Å². The molecule has 0 aliphatic carbocycles. The first-order valence-corrected chi connectivity index (χ1v) is 7.65. The Hall–Kier alpha value is -2.53. The van der Waals surface area contributed by atoms with Crippen molar-refractivity contribution in [3.8, 4) is 0 Å². The quantitative estimate of drug-likeness (QED) is 0.611. The number of nitro groups is 1. The minimum Gasteiger partial charge on any atom is -0.331 e. The Morgan fingerprint density at radius 1 is 1.09 bits per heavy atom. The summed E-state index contributed by atoms with van der Waals surface area (Å²) in [6, 6.07) is 16.8. The van der Waals surface area contributed by atoms with E-state index in [4.69, 9.17) is 0 Å². The zero-order valence-corrected chi connectivity index (χ0v) is 12.6. The van der Waals surface area contributed by atoms with E-state index in [-0.39, 0.29) is 10.6 Å². The van der Waals surface area contributed by atoms with Gasteiger partial charge in [0.25, 0.3) is 5.69 Å². The van der Waals surface area contributed by atoms with Crippen molar-refractivity contribution in [2.24, 2.45) is 0 Å². The van der Waals surface area contributed by atoms with Crippen LogP contribution in [0.25, 0.3) is 5.70 Å². The van der Waals surface area contributed by atoms with Crippen LogP contribution in [0.15, 0.2) is 71.6 Å². The molecule has 3 rings (SSSR count). The molecule has 0 amide bonds. The predicted octanol–water partition coefficient (Wildman–Crippen LogP) is 4.61. The maximum absolute atomic E-state index is 10.7. The zero-order chi connectivity index (χ0) is 15.5. The molecule has 0 aromatic heterocycles. The van der Waals surface area contributed by atoms with E-state index in [2.05, 4.69) is 29.0 Å². The monoisotopic (exact) mass is 310 g/mol. The molecule has 0 spiro atoms. The molecule has 1 aliphatic rings. The van der Waals surface area contributed by atoms with Crippen molar-refractivity contribution in [1.82, 2.24) is 4.90 Å². The Bertz CT molecular complexity index is 739. The minimum atomic E-state index is -0.385. The van der Waals surface area contributed by atoms with Crippen LogP contribution >= 0.6 is 11.8 Å². The lowest BCUT2D eigenvalue weighted by atomic mass is 10.1. The van der Waals surface area contributed by atoms with Crippen LogP contribution in [-0.4, -0.2) is 9.82 Å². The summed E-state index contributed by atoms with van der Waals surface area (Å²) in [5.74, 6) is 0. The summed E-state index contributed by atoms with van der Waals surface area (Å²) in [6.07, 6.45) is 0. The van der Waals surface area contributed by atoms with E-state index in [9.17, 15) is 10.1 Å². The molecule has 110 valence electrons. The fourth-order valence-corrected chi connectivity index (χ4v) is 3.10. The van der Waals surface area contributed by atoms with E-state index in [1.807, 2.05) is 18.2 Å². The van der Waals surface area contributed by atoms with E-state index in [1.54, 1.807) is 23.9 Å². The molecule has 0 atom stereocenters. The highest BCUT2D eigenvalue weighted by molar-refractivity contribution is 8.06. The highest BCUT2D eigenvalue weighted by Gasteiger charge is 2.21. The summed E-state index contributed by atoms with van der Waals surface area (Å²) < 4.78 is 0. The number of hydrogen-bond donors (Lipinski definition) is 0. The fourth-order valence-electron chi connectivity index (χ4n) is 2.30. The third kappa shape index (κ3) is 2.89. The molecule has 2 aromatic rings. The lowest BCUT2D eigenvalue weighted by molar-refractivity contribution is -0.384. The standard InChI is InChI=1S/C17H14N2O2S/c1-13-18(11-14-7-9-16(10-8-14)19(20)21)17(12-22-13)15-5-3-2-4-6-15/h2-10,12H,1,11H2. The topological polar surface area (TPSA) is 46.4 Å². The van der Waals surface area contributed by atoms with Gasteiger partial charge in [-0.1, -0.05) is 60.8 Å². The van der Waals surface area contributed by atoms with Crippen molar-refractivity contribution in [2.75, 3.05) is 0 Å². The van der Waals surface area contributed by atoms with Gasteiger partial charge < -0.3 is 4.90 Å². The minimum absolute atomic E-state index is 0.109. The van der Waals surface area contributed by atoms with Crippen molar-refractivity contribution < 1.29 is 4.92 Å². The van der Waals surface area contributed by atoms with Gasteiger partial charge in [0.2, 0.25) is 0 Å². The summed E-state index contributed by atoms with van der Waals surface area (Å²) in [7, 11) is 0. The average molecular weight is 310 g/mol. The SMILES string of the molecule is C=C1SC=C(c2ccccc2)N1Cc1ccc([N+](=O)[O-])cc1. The summed E-state index contributed by atoms with van der Waals surface area (Å²) in [5.41, 5.74) is 3.36.